The number of benzene rings is 1. The van der Waals surface area contributed by atoms with E-state index in [1.165, 1.54) is 30.8 Å². The minimum Gasteiger partial charge on any atom is -0.444 e. The number of rotatable bonds is 9. The number of hydrogen-bond donors (Lipinski definition) is 1. The van der Waals surface area contributed by atoms with E-state index in [2.05, 4.69) is 9.73 Å². The van der Waals surface area contributed by atoms with Crippen LogP contribution < -0.4 is 26.5 Å². The average molecular weight is 658 g/mol. The number of esters is 1. The first-order valence-electron chi connectivity index (χ1n) is 13.0. The molecule has 17 heteroatoms. The van der Waals surface area contributed by atoms with Gasteiger partial charge in [-0.25, -0.2) is 4.79 Å². The summed E-state index contributed by atoms with van der Waals surface area (Å²) in [5, 5.41) is 1.27. The Labute approximate surface area is 255 Å². The molecule has 0 bridgehead atoms. The summed E-state index contributed by atoms with van der Waals surface area (Å²) < 4.78 is 56.5. The molecule has 0 spiro atoms. The number of nitrogens with two attached hydrogens (primary N) is 1. The molecule has 1 atom stereocenters. The summed E-state index contributed by atoms with van der Waals surface area (Å²) >= 11 is 7.04. The molecule has 0 saturated heterocycles. The van der Waals surface area contributed by atoms with Crippen LogP contribution in [0.2, 0.25) is 5.02 Å². The van der Waals surface area contributed by atoms with Gasteiger partial charge in [-0.3, -0.25) is 28.1 Å². The van der Waals surface area contributed by atoms with E-state index >= 15 is 0 Å². The fourth-order valence-corrected chi connectivity index (χ4v) is 5.53. The van der Waals surface area contributed by atoms with Gasteiger partial charge in [-0.15, -0.1) is 24.5 Å². The van der Waals surface area contributed by atoms with Crippen LogP contribution in [0.5, 0.6) is 5.75 Å². The van der Waals surface area contributed by atoms with E-state index in [0.29, 0.717) is 24.1 Å². The van der Waals surface area contributed by atoms with Crippen molar-refractivity contribution < 1.29 is 36.7 Å². The third-order valence-electron chi connectivity index (χ3n) is 6.63. The molecule has 0 fully saturated rings. The zero-order valence-electron chi connectivity index (χ0n) is 23.9. The zero-order valence-corrected chi connectivity index (χ0v) is 25.4. The van der Waals surface area contributed by atoms with Crippen molar-refractivity contribution in [2.24, 2.45) is 24.8 Å². The lowest BCUT2D eigenvalue weighted by Gasteiger charge is -2.14. The molecule has 3 aromatic heterocycles. The molecule has 0 aliphatic heterocycles. The Hall–Kier alpha value is -4.15. The number of hydrogen-bond acceptors (Lipinski definition) is 9. The molecule has 4 aromatic rings. The lowest BCUT2D eigenvalue weighted by atomic mass is 10.1. The number of carbonyl (C=O) groups is 2. The van der Waals surface area contributed by atoms with Crippen molar-refractivity contribution in [3.63, 3.8) is 0 Å². The molecule has 3 heterocycles. The van der Waals surface area contributed by atoms with Crippen LogP contribution in [-0.4, -0.2) is 38.0 Å². The van der Waals surface area contributed by atoms with Gasteiger partial charge in [-0.05, 0) is 31.5 Å². The zero-order chi connectivity index (χ0) is 32.5. The van der Waals surface area contributed by atoms with Gasteiger partial charge in [0, 0.05) is 30.6 Å². The van der Waals surface area contributed by atoms with Crippen molar-refractivity contribution in [2.45, 2.75) is 52.2 Å². The van der Waals surface area contributed by atoms with Gasteiger partial charge in [0.2, 0.25) is 5.71 Å². The molecule has 0 unspecified atom stereocenters. The van der Waals surface area contributed by atoms with E-state index in [0.717, 1.165) is 26.5 Å². The Balaban J connectivity index is 1.75. The fraction of sp³-hybridized carbons (Fsp3) is 0.370. The van der Waals surface area contributed by atoms with E-state index in [1.807, 2.05) is 6.92 Å². The Kier molecular flexibility index (Phi) is 9.56. The molecule has 4 rings (SSSR count). The number of ether oxygens (including phenoxy) is 2. The molecule has 0 radical (unpaired) electrons. The maximum atomic E-state index is 13.2. The van der Waals surface area contributed by atoms with E-state index < -0.39 is 48.0 Å². The quantitative estimate of drug-likeness (QED) is 0.268. The molecule has 44 heavy (non-hydrogen) atoms. The number of aryl methyl sites for hydroxylation is 2. The Bertz CT molecular complexity index is 1940. The van der Waals surface area contributed by atoms with Crippen LogP contribution in [0, 0.1) is 6.92 Å². The summed E-state index contributed by atoms with van der Waals surface area (Å²) in [5.41, 5.74) is 5.50. The first-order chi connectivity index (χ1) is 20.6. The standard InChI is InChI=1S/C27H27ClF3N5O7S/c1-5-6-17(32)24(39)41-12-36-18(14-7-8-19(16(28)9-14)43-27(29,30)31)11-44-25(36)33-20(37)10-15-13(2)42-23-21(15)22(38)34(3)26(40)35(23)4/h7-9,11,17H,5-6,10,12,32H2,1-4H3/b33-25-/t17-/m0/s1. The number of alkyl halides is 3. The summed E-state index contributed by atoms with van der Waals surface area (Å²) in [6.07, 6.45) is -4.32. The van der Waals surface area contributed by atoms with Crippen molar-refractivity contribution in [2.75, 3.05) is 0 Å². The number of thiazole rings is 1. The highest BCUT2D eigenvalue weighted by molar-refractivity contribution is 7.07. The highest BCUT2D eigenvalue weighted by Gasteiger charge is 2.32. The van der Waals surface area contributed by atoms with E-state index in [1.54, 1.807) is 12.3 Å². The summed E-state index contributed by atoms with van der Waals surface area (Å²) in [6.45, 7) is 2.96. The average Bonchev–Trinajstić information content (AvgIpc) is 3.50. The number of aromatic nitrogens is 3. The van der Waals surface area contributed by atoms with Crippen molar-refractivity contribution in [1.82, 2.24) is 13.7 Å². The maximum absolute atomic E-state index is 13.2. The number of amides is 1. The van der Waals surface area contributed by atoms with Crippen LogP contribution in [0.3, 0.4) is 0 Å². The third kappa shape index (κ3) is 6.81. The van der Waals surface area contributed by atoms with Crippen molar-refractivity contribution in [3.05, 3.63) is 65.6 Å². The largest absolute Gasteiger partial charge is 0.573 e. The topological polar surface area (TPSA) is 153 Å². The second-order valence-electron chi connectivity index (χ2n) is 9.72. The van der Waals surface area contributed by atoms with Crippen molar-refractivity contribution in [1.29, 1.82) is 0 Å². The predicted octanol–water partition coefficient (Wildman–Crippen LogP) is 3.52. The lowest BCUT2D eigenvalue weighted by Crippen LogP contribution is -2.36. The smallest absolute Gasteiger partial charge is 0.444 e. The molecule has 12 nitrogen and oxygen atoms in total. The summed E-state index contributed by atoms with van der Waals surface area (Å²) in [6, 6.07) is 2.66. The van der Waals surface area contributed by atoms with Crippen LogP contribution in [0.4, 0.5) is 13.2 Å². The molecular weight excluding hydrogens is 631 g/mol. The van der Waals surface area contributed by atoms with Gasteiger partial charge in [0.25, 0.3) is 11.5 Å². The first kappa shape index (κ1) is 32.8. The Morgan fingerprint density at radius 3 is 2.55 bits per heavy atom. The highest BCUT2D eigenvalue weighted by Crippen LogP contribution is 2.34. The van der Waals surface area contributed by atoms with Gasteiger partial charge in [0.05, 0.1) is 17.1 Å². The second kappa shape index (κ2) is 12.8. The van der Waals surface area contributed by atoms with Crippen LogP contribution in [0.1, 0.15) is 31.1 Å². The highest BCUT2D eigenvalue weighted by atomic mass is 35.5. The number of halogens is 4. The van der Waals surface area contributed by atoms with Gasteiger partial charge in [-0.2, -0.15) is 4.99 Å². The molecule has 0 saturated carbocycles. The number of furan rings is 1. The minimum atomic E-state index is -4.96. The maximum Gasteiger partial charge on any atom is 0.573 e. The van der Waals surface area contributed by atoms with Gasteiger partial charge in [0.15, 0.2) is 11.5 Å². The van der Waals surface area contributed by atoms with Gasteiger partial charge < -0.3 is 19.6 Å². The fourth-order valence-electron chi connectivity index (χ4n) is 4.40. The van der Waals surface area contributed by atoms with Crippen LogP contribution >= 0.6 is 22.9 Å². The molecule has 236 valence electrons. The summed E-state index contributed by atoms with van der Waals surface area (Å²) in [4.78, 5) is 55.1. The minimum absolute atomic E-state index is 0.0111. The normalized spacial score (nSPS) is 13.0. The van der Waals surface area contributed by atoms with E-state index in [4.69, 9.17) is 26.5 Å². The molecule has 0 aliphatic carbocycles. The Morgan fingerprint density at radius 2 is 1.91 bits per heavy atom. The van der Waals surface area contributed by atoms with E-state index in [9.17, 15) is 32.3 Å². The molecule has 1 amide bonds. The van der Waals surface area contributed by atoms with Gasteiger partial charge in [0.1, 0.15) is 22.9 Å². The summed E-state index contributed by atoms with van der Waals surface area (Å²) in [5.74, 6) is -1.78. The van der Waals surface area contributed by atoms with Crippen LogP contribution in [0.25, 0.3) is 22.4 Å². The summed E-state index contributed by atoms with van der Waals surface area (Å²) in [7, 11) is 2.74. The Morgan fingerprint density at radius 1 is 1.20 bits per heavy atom. The van der Waals surface area contributed by atoms with Gasteiger partial charge in [-0.1, -0.05) is 24.9 Å². The third-order valence-corrected chi connectivity index (χ3v) is 7.78. The van der Waals surface area contributed by atoms with Crippen molar-refractivity contribution >= 4 is 45.9 Å². The number of fused-ring (bicyclic) bond motifs is 1. The van der Waals surface area contributed by atoms with Crippen LogP contribution in [0.15, 0.2) is 42.6 Å². The van der Waals surface area contributed by atoms with E-state index in [-0.39, 0.29) is 38.7 Å². The molecule has 1 aromatic carbocycles. The SMILES string of the molecule is CCC[C@H](N)C(=O)OCn1c(-c2ccc(OC(F)(F)F)c(Cl)c2)cs/c1=N\C(=O)Cc1c(C)oc2c1c(=O)n(C)c(=O)n2C. The molecule has 0 aliphatic rings. The monoisotopic (exact) mass is 657 g/mol. The predicted molar refractivity (Wildman–Crippen MR) is 154 cm³/mol. The number of nitrogens with zero attached hydrogens (tertiary/aromatic N) is 4. The van der Waals surface area contributed by atoms with Gasteiger partial charge >= 0.3 is 18.0 Å². The lowest BCUT2D eigenvalue weighted by molar-refractivity contribution is -0.274. The second-order valence-corrected chi connectivity index (χ2v) is 11.0. The molecular formula is C27H27ClF3N5O7S. The first-order valence-corrected chi connectivity index (χ1v) is 14.3. The van der Waals surface area contributed by atoms with Crippen molar-refractivity contribution in [3.8, 4) is 17.0 Å². The number of carbonyl (C=O) groups excluding carboxylic acids is 2. The van der Waals surface area contributed by atoms with Crippen LogP contribution in [-0.2, 0) is 41.6 Å². The molecule has 2 N–H and O–H groups in total.